The lowest BCUT2D eigenvalue weighted by atomic mass is 10.1. The van der Waals surface area contributed by atoms with Gasteiger partial charge in [0.2, 0.25) is 6.41 Å². The average Bonchev–Trinajstić information content (AvgIpc) is 2.14. The largest absolute Gasteiger partial charge is 0.798 e. The molecule has 0 radical (unpaired) electrons. The zero-order valence-electron chi connectivity index (χ0n) is 9.03. The van der Waals surface area contributed by atoms with E-state index < -0.39 is 44.1 Å². The highest BCUT2D eigenvalue weighted by molar-refractivity contribution is 7.56. The first-order chi connectivity index (χ1) is 7.68. The topological polar surface area (TPSA) is 141 Å². The van der Waals surface area contributed by atoms with Crippen molar-refractivity contribution in [3.63, 3.8) is 0 Å². The molecule has 0 N–H and O–H groups in total. The van der Waals surface area contributed by atoms with Gasteiger partial charge in [-0.05, 0) is 12.6 Å². The Morgan fingerprint density at radius 1 is 1.41 bits per heavy atom. The quantitative estimate of drug-likeness (QED) is 0.323. The number of hydrogen-bond acceptors (Lipinski definition) is 7. The van der Waals surface area contributed by atoms with Crippen molar-refractivity contribution in [1.29, 1.82) is 0 Å². The highest BCUT2D eigenvalue weighted by Gasteiger charge is 2.19. The van der Waals surface area contributed by atoms with Crippen LogP contribution in [0.2, 0.25) is 0 Å². The number of carboxylic acid groups (broad SMARTS) is 2. The second-order valence-corrected chi connectivity index (χ2v) is 5.87. The summed E-state index contributed by atoms with van der Waals surface area (Å²) < 4.78 is 11.4. The standard InChI is InChI=1S/C8H14NO7P/c1-9(4-10)5-17(15,16)3-6(8(13)14)2-7(11)12/h4,6H,2-3,5H2,1H3,(H,11,12)(H,13,14)(H,15,16)/p-3. The molecule has 2 unspecified atom stereocenters. The van der Waals surface area contributed by atoms with Gasteiger partial charge >= 0.3 is 0 Å². The van der Waals surface area contributed by atoms with E-state index in [9.17, 15) is 34.1 Å². The van der Waals surface area contributed by atoms with Crippen molar-refractivity contribution in [2.24, 2.45) is 5.92 Å². The Hall–Kier alpha value is -1.40. The second kappa shape index (κ2) is 6.36. The number of amides is 1. The summed E-state index contributed by atoms with van der Waals surface area (Å²) >= 11 is 0. The molecule has 0 spiro atoms. The minimum Gasteiger partial charge on any atom is -0.798 e. The Labute approximate surface area is 97.3 Å². The van der Waals surface area contributed by atoms with Gasteiger partial charge in [-0.1, -0.05) is 0 Å². The monoisotopic (exact) mass is 264 g/mol. The van der Waals surface area contributed by atoms with E-state index in [-0.39, 0.29) is 6.41 Å². The van der Waals surface area contributed by atoms with Gasteiger partial charge in [0.1, 0.15) is 0 Å². The molecule has 0 aromatic heterocycles. The molecule has 0 aromatic carbocycles. The molecule has 98 valence electrons. The van der Waals surface area contributed by atoms with Gasteiger partial charge in [-0.2, -0.15) is 0 Å². The molecule has 9 heteroatoms. The lowest BCUT2D eigenvalue weighted by Gasteiger charge is -2.31. The fourth-order valence-electron chi connectivity index (χ4n) is 1.19. The number of hydrogen-bond donors (Lipinski definition) is 0. The van der Waals surface area contributed by atoms with Crippen molar-refractivity contribution in [1.82, 2.24) is 4.90 Å². The van der Waals surface area contributed by atoms with Gasteiger partial charge in [0.05, 0.1) is 6.29 Å². The Bertz CT molecular complexity index is 356. The van der Waals surface area contributed by atoms with E-state index in [0.29, 0.717) is 0 Å². The molecule has 2 atom stereocenters. The third-order valence-electron chi connectivity index (χ3n) is 1.86. The molecule has 0 bridgehead atoms. The summed E-state index contributed by atoms with van der Waals surface area (Å²) in [5.41, 5.74) is 0. The van der Waals surface area contributed by atoms with E-state index in [4.69, 9.17) is 0 Å². The SMILES string of the molecule is CN(C=O)CP(=O)([O-])CC(CC(=O)[O-])C(=O)[O-]. The number of nitrogens with zero attached hydrogens (tertiary/aromatic N) is 1. The number of carbonyl (C=O) groups is 3. The highest BCUT2D eigenvalue weighted by Crippen LogP contribution is 2.38. The first-order valence-electron chi connectivity index (χ1n) is 4.53. The van der Waals surface area contributed by atoms with Gasteiger partial charge in [-0.15, -0.1) is 0 Å². The molecule has 0 aliphatic carbocycles. The second-order valence-electron chi connectivity index (χ2n) is 3.59. The molecule has 1 amide bonds. The van der Waals surface area contributed by atoms with E-state index in [1.165, 1.54) is 7.05 Å². The Balaban J connectivity index is 4.63. The predicted octanol–water partition coefficient (Wildman–Crippen LogP) is -3.82. The van der Waals surface area contributed by atoms with E-state index in [1.54, 1.807) is 0 Å². The molecular weight excluding hydrogens is 253 g/mol. The minimum atomic E-state index is -4.20. The number of aliphatic carboxylic acids is 2. The zero-order chi connectivity index (χ0) is 13.6. The molecule has 0 rings (SSSR count). The Morgan fingerprint density at radius 3 is 2.29 bits per heavy atom. The molecule has 8 nitrogen and oxygen atoms in total. The van der Waals surface area contributed by atoms with Crippen LogP contribution < -0.4 is 15.1 Å². The van der Waals surface area contributed by atoms with Crippen molar-refractivity contribution in [3.8, 4) is 0 Å². The van der Waals surface area contributed by atoms with Crippen LogP contribution in [0.1, 0.15) is 6.42 Å². The minimum absolute atomic E-state index is 0.261. The summed E-state index contributed by atoms with van der Waals surface area (Å²) in [6, 6.07) is 0. The molecule has 0 fully saturated rings. The van der Waals surface area contributed by atoms with Crippen LogP contribution in [0.3, 0.4) is 0 Å². The lowest BCUT2D eigenvalue weighted by molar-refractivity contribution is -0.320. The maximum absolute atomic E-state index is 11.4. The normalized spacial score (nSPS) is 15.6. The molecule has 0 aliphatic rings. The number of rotatable bonds is 8. The lowest BCUT2D eigenvalue weighted by Crippen LogP contribution is -2.39. The van der Waals surface area contributed by atoms with Crippen molar-refractivity contribution in [3.05, 3.63) is 0 Å². The predicted molar refractivity (Wildman–Crippen MR) is 49.3 cm³/mol. The fourth-order valence-corrected chi connectivity index (χ4v) is 3.00. The van der Waals surface area contributed by atoms with E-state index in [2.05, 4.69) is 0 Å². The van der Waals surface area contributed by atoms with Crippen LogP contribution in [0.15, 0.2) is 0 Å². The number of carbonyl (C=O) groups excluding carboxylic acids is 3. The van der Waals surface area contributed by atoms with Gasteiger partial charge in [0, 0.05) is 32.3 Å². The molecular formula is C8H11NO7P-3. The average molecular weight is 264 g/mol. The van der Waals surface area contributed by atoms with Crippen LogP contribution in [0.5, 0.6) is 0 Å². The van der Waals surface area contributed by atoms with Gasteiger partial charge in [-0.25, -0.2) is 0 Å². The van der Waals surface area contributed by atoms with Crippen molar-refractivity contribution < 1.29 is 34.1 Å². The van der Waals surface area contributed by atoms with Crippen LogP contribution in [0.4, 0.5) is 0 Å². The maximum atomic E-state index is 11.4. The summed E-state index contributed by atoms with van der Waals surface area (Å²) in [4.78, 5) is 43.2. The first kappa shape index (κ1) is 15.6. The molecule has 17 heavy (non-hydrogen) atoms. The summed E-state index contributed by atoms with van der Waals surface area (Å²) in [6.07, 6.45) is -2.23. The van der Waals surface area contributed by atoms with Crippen molar-refractivity contribution >= 4 is 25.7 Å². The van der Waals surface area contributed by atoms with Gasteiger partial charge in [-0.3, -0.25) is 4.79 Å². The summed E-state index contributed by atoms with van der Waals surface area (Å²) in [7, 11) is -3.00. The molecule has 0 saturated heterocycles. The van der Waals surface area contributed by atoms with Crippen LogP contribution in [-0.2, 0) is 18.9 Å². The van der Waals surface area contributed by atoms with Crippen molar-refractivity contribution in [2.45, 2.75) is 6.42 Å². The fraction of sp³-hybridized carbons (Fsp3) is 0.625. The molecule has 0 saturated carbocycles. The zero-order valence-corrected chi connectivity index (χ0v) is 9.92. The van der Waals surface area contributed by atoms with E-state index in [1.807, 2.05) is 0 Å². The van der Waals surface area contributed by atoms with Crippen LogP contribution in [0, 0.1) is 5.92 Å². The molecule has 0 aromatic rings. The van der Waals surface area contributed by atoms with Crippen LogP contribution in [-0.4, -0.2) is 42.7 Å². The third-order valence-corrected chi connectivity index (χ3v) is 3.74. The third kappa shape index (κ3) is 6.70. The summed E-state index contributed by atoms with van der Waals surface area (Å²) in [5, 5.41) is 20.7. The first-order valence-corrected chi connectivity index (χ1v) is 6.53. The van der Waals surface area contributed by atoms with Gasteiger partial charge in [0.25, 0.3) is 0 Å². The van der Waals surface area contributed by atoms with E-state index in [0.717, 1.165) is 4.90 Å². The van der Waals surface area contributed by atoms with Crippen LogP contribution in [0.25, 0.3) is 0 Å². The Kier molecular flexibility index (Phi) is 5.84. The summed E-state index contributed by atoms with van der Waals surface area (Å²) in [6.45, 7) is 0. The van der Waals surface area contributed by atoms with Gasteiger partial charge in [0.15, 0.2) is 0 Å². The number of carboxylic acids is 2. The molecule has 0 aliphatic heterocycles. The summed E-state index contributed by atoms with van der Waals surface area (Å²) in [5.74, 6) is -5.13. The van der Waals surface area contributed by atoms with Crippen LogP contribution >= 0.6 is 7.37 Å². The smallest absolute Gasteiger partial charge is 0.209 e. The molecule has 0 heterocycles. The van der Waals surface area contributed by atoms with Crippen molar-refractivity contribution in [2.75, 3.05) is 19.5 Å². The van der Waals surface area contributed by atoms with E-state index >= 15 is 0 Å². The van der Waals surface area contributed by atoms with Gasteiger partial charge < -0.3 is 34.2 Å². The Morgan fingerprint density at radius 2 is 1.94 bits per heavy atom. The maximum Gasteiger partial charge on any atom is 0.209 e. The highest BCUT2D eigenvalue weighted by atomic mass is 31.2.